The second-order valence-electron chi connectivity index (χ2n) is 8.31. The highest BCUT2D eigenvalue weighted by molar-refractivity contribution is 5.99. The van der Waals surface area contributed by atoms with Crippen LogP contribution in [0.2, 0.25) is 0 Å². The molecule has 0 aliphatic carbocycles. The lowest BCUT2D eigenvalue weighted by Gasteiger charge is -2.35. The van der Waals surface area contributed by atoms with Gasteiger partial charge in [-0.25, -0.2) is 4.79 Å². The molecule has 9 nitrogen and oxygen atoms in total. The molecule has 1 fully saturated rings. The van der Waals surface area contributed by atoms with Crippen molar-refractivity contribution in [1.29, 1.82) is 0 Å². The van der Waals surface area contributed by atoms with Crippen LogP contribution in [0, 0.1) is 0 Å². The maximum absolute atomic E-state index is 13.3. The van der Waals surface area contributed by atoms with Gasteiger partial charge in [-0.1, -0.05) is 18.2 Å². The van der Waals surface area contributed by atoms with E-state index in [-0.39, 0.29) is 24.5 Å². The summed E-state index contributed by atoms with van der Waals surface area (Å²) in [7, 11) is 0. The summed E-state index contributed by atoms with van der Waals surface area (Å²) >= 11 is 0. The summed E-state index contributed by atoms with van der Waals surface area (Å²) in [5.41, 5.74) is 0.139. The van der Waals surface area contributed by atoms with E-state index in [4.69, 9.17) is 4.74 Å². The van der Waals surface area contributed by atoms with Crippen LogP contribution in [0.25, 0.3) is 10.9 Å². The molecule has 1 saturated heterocycles. The number of aromatic amines is 1. The monoisotopic (exact) mass is 510 g/mol. The predicted molar refractivity (Wildman–Crippen MR) is 130 cm³/mol. The zero-order valence-electron chi connectivity index (χ0n) is 19.3. The van der Waals surface area contributed by atoms with Gasteiger partial charge in [0.05, 0.1) is 16.8 Å². The van der Waals surface area contributed by atoms with Gasteiger partial charge in [-0.2, -0.15) is 13.2 Å². The summed E-state index contributed by atoms with van der Waals surface area (Å²) in [6, 6.07) is 15.2. The Bertz CT molecular complexity index is 1430. The number of ether oxygens (including phenoxy) is 1. The fourth-order valence-corrected chi connectivity index (χ4v) is 4.19. The van der Waals surface area contributed by atoms with Gasteiger partial charge in [-0.05, 0) is 36.4 Å². The number of H-pyrrole nitrogens is 1. The lowest BCUT2D eigenvalue weighted by molar-refractivity contribution is -0.138. The van der Waals surface area contributed by atoms with Crippen molar-refractivity contribution in [2.24, 2.45) is 0 Å². The first-order valence-electron chi connectivity index (χ1n) is 11.4. The molecule has 190 valence electrons. The molecule has 0 atom stereocenters. The minimum atomic E-state index is -4.61. The van der Waals surface area contributed by atoms with Crippen LogP contribution in [0.5, 0.6) is 5.88 Å². The van der Waals surface area contributed by atoms with Crippen LogP contribution in [-0.2, 0) is 6.18 Å². The van der Waals surface area contributed by atoms with Crippen LogP contribution in [0.1, 0.15) is 15.9 Å². The van der Waals surface area contributed by atoms with Gasteiger partial charge in [0.25, 0.3) is 5.91 Å². The molecule has 2 aromatic heterocycles. The van der Waals surface area contributed by atoms with Crippen molar-refractivity contribution in [2.75, 3.05) is 36.4 Å². The molecule has 1 aliphatic rings. The van der Waals surface area contributed by atoms with E-state index in [0.29, 0.717) is 24.6 Å². The lowest BCUT2D eigenvalue weighted by atomic mass is 10.1. The molecule has 0 radical (unpaired) electrons. The number of amides is 2. The second-order valence-corrected chi connectivity index (χ2v) is 8.31. The summed E-state index contributed by atoms with van der Waals surface area (Å²) in [4.78, 5) is 31.4. The number of piperazine rings is 1. The number of benzene rings is 2. The van der Waals surface area contributed by atoms with E-state index in [9.17, 15) is 22.8 Å². The third kappa shape index (κ3) is 5.17. The zero-order chi connectivity index (χ0) is 26.0. The van der Waals surface area contributed by atoms with E-state index in [2.05, 4.69) is 20.5 Å². The van der Waals surface area contributed by atoms with Crippen LogP contribution in [0.3, 0.4) is 0 Å². The largest absolute Gasteiger partial charge is 0.418 e. The Morgan fingerprint density at radius 2 is 1.70 bits per heavy atom. The Kier molecular flexibility index (Phi) is 6.38. The molecular weight excluding hydrogens is 489 g/mol. The topological polar surface area (TPSA) is 103 Å². The van der Waals surface area contributed by atoms with Gasteiger partial charge >= 0.3 is 12.3 Å². The Hall–Kier alpha value is -4.61. The Morgan fingerprint density at radius 3 is 2.43 bits per heavy atom. The van der Waals surface area contributed by atoms with Gasteiger partial charge in [0.15, 0.2) is 5.82 Å². The van der Waals surface area contributed by atoms with Gasteiger partial charge in [-0.15, -0.1) is 10.2 Å². The highest BCUT2D eigenvalue weighted by Crippen LogP contribution is 2.32. The van der Waals surface area contributed by atoms with E-state index in [1.807, 2.05) is 17.0 Å². The summed E-state index contributed by atoms with van der Waals surface area (Å²) < 4.78 is 45.1. The smallest absolute Gasteiger partial charge is 0.389 e. The molecule has 37 heavy (non-hydrogen) atoms. The van der Waals surface area contributed by atoms with Crippen LogP contribution < -0.4 is 15.0 Å². The number of hydrogen-bond donors (Lipinski definition) is 2. The van der Waals surface area contributed by atoms with Gasteiger partial charge in [0.2, 0.25) is 5.88 Å². The van der Waals surface area contributed by atoms with Crippen molar-refractivity contribution in [3.8, 4) is 5.88 Å². The molecule has 12 heteroatoms. The number of nitrogens with zero attached hydrogens (tertiary/aromatic N) is 4. The molecule has 0 spiro atoms. The molecule has 5 rings (SSSR count). The number of carbonyl (C=O) groups is 2. The van der Waals surface area contributed by atoms with Gasteiger partial charge in [0, 0.05) is 49.3 Å². The molecule has 0 saturated carbocycles. The van der Waals surface area contributed by atoms with Gasteiger partial charge < -0.3 is 19.5 Å². The lowest BCUT2D eigenvalue weighted by Crippen LogP contribution is -2.49. The fourth-order valence-electron chi connectivity index (χ4n) is 4.19. The Balaban J connectivity index is 1.17. The summed E-state index contributed by atoms with van der Waals surface area (Å²) in [5, 5.41) is 11.5. The van der Waals surface area contributed by atoms with Crippen molar-refractivity contribution >= 4 is 34.4 Å². The third-order valence-electron chi connectivity index (χ3n) is 6.01. The van der Waals surface area contributed by atoms with E-state index in [0.717, 1.165) is 17.0 Å². The summed E-state index contributed by atoms with van der Waals surface area (Å²) in [6.07, 6.45) is -3.57. The number of aromatic nitrogens is 3. The standard InChI is InChI=1S/C25H21F3N6O3/c26-25(27,28)18-5-2-1-4-16(18)23(35)34-14-12-33(13-15-34)21-8-9-22(32-31-21)37-24(36)30-20-7-3-6-19-17(20)10-11-29-19/h1-11,29H,12-15H2,(H,30,36). The molecule has 2 N–H and O–H groups in total. The normalized spacial score (nSPS) is 14.0. The molecule has 2 amide bonds. The molecule has 0 bridgehead atoms. The Labute approximate surface area is 208 Å². The third-order valence-corrected chi connectivity index (χ3v) is 6.01. The number of rotatable bonds is 4. The number of alkyl halides is 3. The minimum absolute atomic E-state index is 0.0000602. The number of fused-ring (bicyclic) bond motifs is 1. The average molecular weight is 510 g/mol. The van der Waals surface area contributed by atoms with E-state index in [1.54, 1.807) is 24.4 Å². The number of halogens is 3. The number of carbonyl (C=O) groups excluding carboxylic acids is 2. The van der Waals surface area contributed by atoms with Crippen LogP contribution in [-0.4, -0.2) is 58.3 Å². The predicted octanol–water partition coefficient (Wildman–Crippen LogP) is 4.55. The van der Waals surface area contributed by atoms with E-state index in [1.165, 1.54) is 29.2 Å². The average Bonchev–Trinajstić information content (AvgIpc) is 3.38. The fraction of sp³-hybridized carbons (Fsp3) is 0.200. The van der Waals surface area contributed by atoms with E-state index < -0.39 is 23.7 Å². The molecule has 4 aromatic rings. The summed E-state index contributed by atoms with van der Waals surface area (Å²) in [5.74, 6) is -0.170. The quantitative estimate of drug-likeness (QED) is 0.418. The first-order valence-corrected chi connectivity index (χ1v) is 11.4. The zero-order valence-corrected chi connectivity index (χ0v) is 19.3. The van der Waals surface area contributed by atoms with Crippen molar-refractivity contribution < 1.29 is 27.5 Å². The van der Waals surface area contributed by atoms with Crippen molar-refractivity contribution in [2.45, 2.75) is 6.18 Å². The van der Waals surface area contributed by atoms with Crippen LogP contribution in [0.15, 0.2) is 66.9 Å². The highest BCUT2D eigenvalue weighted by atomic mass is 19.4. The first-order chi connectivity index (χ1) is 17.8. The molecule has 0 unspecified atom stereocenters. The van der Waals surface area contributed by atoms with Gasteiger partial charge in [0.1, 0.15) is 0 Å². The SMILES string of the molecule is O=C(Nc1cccc2[nH]ccc12)Oc1ccc(N2CCN(C(=O)c3ccccc3C(F)(F)F)CC2)nn1. The molecular formula is C25H21F3N6O3. The molecule has 3 heterocycles. The van der Waals surface area contributed by atoms with Crippen LogP contribution in [0.4, 0.5) is 29.5 Å². The van der Waals surface area contributed by atoms with Gasteiger partial charge in [-0.3, -0.25) is 10.1 Å². The van der Waals surface area contributed by atoms with Crippen LogP contribution >= 0.6 is 0 Å². The van der Waals surface area contributed by atoms with E-state index >= 15 is 0 Å². The van der Waals surface area contributed by atoms with Crippen molar-refractivity contribution in [3.63, 3.8) is 0 Å². The van der Waals surface area contributed by atoms with Crippen molar-refractivity contribution in [1.82, 2.24) is 20.1 Å². The summed E-state index contributed by atoms with van der Waals surface area (Å²) in [6.45, 7) is 1.15. The number of anilines is 2. The molecule has 1 aliphatic heterocycles. The minimum Gasteiger partial charge on any atom is -0.389 e. The number of hydrogen-bond acceptors (Lipinski definition) is 6. The van der Waals surface area contributed by atoms with Crippen molar-refractivity contribution in [3.05, 3.63) is 78.0 Å². The number of nitrogens with one attached hydrogen (secondary N) is 2. The Morgan fingerprint density at radius 1 is 0.919 bits per heavy atom. The maximum Gasteiger partial charge on any atom is 0.418 e. The molecule has 2 aromatic carbocycles. The first kappa shape index (κ1) is 24.1. The highest BCUT2D eigenvalue weighted by Gasteiger charge is 2.36. The second kappa shape index (κ2) is 9.80. The maximum atomic E-state index is 13.3.